The molecule has 0 saturated heterocycles. The van der Waals surface area contributed by atoms with Crippen LogP contribution in [0.2, 0.25) is 0 Å². The molecule has 0 atom stereocenters. The van der Waals surface area contributed by atoms with Gasteiger partial charge in [0.05, 0.1) is 12.7 Å². The Balaban J connectivity index is 1.70. The van der Waals surface area contributed by atoms with Crippen molar-refractivity contribution in [2.24, 2.45) is 0 Å². The first-order chi connectivity index (χ1) is 13.6. The molecular weight excluding hydrogens is 356 g/mol. The summed E-state index contributed by atoms with van der Waals surface area (Å²) < 4.78 is 10.8. The third kappa shape index (κ3) is 4.71. The van der Waals surface area contributed by atoms with Crippen molar-refractivity contribution < 1.29 is 24.5 Å². The lowest BCUT2D eigenvalue weighted by Gasteiger charge is -2.08. The van der Waals surface area contributed by atoms with Crippen LogP contribution in [0.15, 0.2) is 72.8 Å². The number of carbonyl (C=O) groups is 1. The summed E-state index contributed by atoms with van der Waals surface area (Å²) in [5.41, 5.74) is 1.81. The summed E-state index contributed by atoms with van der Waals surface area (Å²) in [6.07, 6.45) is 2.91. The average Bonchev–Trinajstić information content (AvgIpc) is 2.71. The van der Waals surface area contributed by atoms with Gasteiger partial charge in [0.1, 0.15) is 29.6 Å². The van der Waals surface area contributed by atoms with Crippen molar-refractivity contribution in [3.05, 3.63) is 89.5 Å². The van der Waals surface area contributed by atoms with Gasteiger partial charge in [0.15, 0.2) is 5.78 Å². The van der Waals surface area contributed by atoms with E-state index in [9.17, 15) is 15.0 Å². The van der Waals surface area contributed by atoms with Crippen LogP contribution in [0.5, 0.6) is 23.0 Å². The van der Waals surface area contributed by atoms with Crippen LogP contribution in [0.3, 0.4) is 0 Å². The first-order valence-electron chi connectivity index (χ1n) is 8.66. The summed E-state index contributed by atoms with van der Waals surface area (Å²) in [7, 11) is 1.48. The van der Waals surface area contributed by atoms with E-state index >= 15 is 0 Å². The lowest BCUT2D eigenvalue weighted by molar-refractivity contribution is 0.104. The fourth-order valence-corrected chi connectivity index (χ4v) is 2.64. The van der Waals surface area contributed by atoms with Gasteiger partial charge in [-0.2, -0.15) is 0 Å². The van der Waals surface area contributed by atoms with E-state index in [0.717, 1.165) is 5.56 Å². The van der Waals surface area contributed by atoms with E-state index in [0.29, 0.717) is 23.7 Å². The number of carbonyl (C=O) groups excluding carboxylic acids is 1. The molecule has 0 radical (unpaired) electrons. The minimum absolute atomic E-state index is 0.0732. The first-order valence-corrected chi connectivity index (χ1v) is 8.66. The molecule has 3 aromatic rings. The predicted molar refractivity (Wildman–Crippen MR) is 107 cm³/mol. The van der Waals surface area contributed by atoms with Crippen LogP contribution in [-0.2, 0) is 6.61 Å². The molecule has 2 N–H and O–H groups in total. The number of hydrogen-bond acceptors (Lipinski definition) is 5. The highest BCUT2D eigenvalue weighted by Gasteiger charge is 2.10. The van der Waals surface area contributed by atoms with E-state index in [-0.39, 0.29) is 22.8 Å². The molecule has 142 valence electrons. The molecule has 0 heterocycles. The number of ketones is 1. The maximum absolute atomic E-state index is 12.4. The topological polar surface area (TPSA) is 76.0 Å². The summed E-state index contributed by atoms with van der Waals surface area (Å²) in [4.78, 5) is 12.4. The third-order valence-electron chi connectivity index (χ3n) is 4.11. The van der Waals surface area contributed by atoms with Crippen molar-refractivity contribution in [3.63, 3.8) is 0 Å². The van der Waals surface area contributed by atoms with Crippen LogP contribution < -0.4 is 9.47 Å². The number of benzene rings is 3. The molecule has 0 amide bonds. The summed E-state index contributed by atoms with van der Waals surface area (Å²) in [6, 6.07) is 18.9. The monoisotopic (exact) mass is 376 g/mol. The van der Waals surface area contributed by atoms with Gasteiger partial charge >= 0.3 is 0 Å². The van der Waals surface area contributed by atoms with Crippen molar-refractivity contribution in [2.45, 2.75) is 6.61 Å². The Kier molecular flexibility index (Phi) is 5.97. The Bertz CT molecular complexity index is 993. The van der Waals surface area contributed by atoms with Gasteiger partial charge in [0, 0.05) is 17.7 Å². The number of hydrogen-bond donors (Lipinski definition) is 2. The Morgan fingerprint density at radius 3 is 2.50 bits per heavy atom. The Hall–Kier alpha value is -3.73. The van der Waals surface area contributed by atoms with Crippen molar-refractivity contribution in [1.82, 2.24) is 0 Å². The number of phenolic OH excluding ortho intramolecular Hbond substituents is 2. The number of aromatic hydroxyl groups is 2. The molecule has 5 nitrogen and oxygen atoms in total. The van der Waals surface area contributed by atoms with Crippen molar-refractivity contribution in [3.8, 4) is 23.0 Å². The SMILES string of the molecule is COc1cc(O)ccc1C=CC(=O)c1ccc(OCc2ccccc2)cc1O. The molecule has 0 aliphatic carbocycles. The second-order valence-electron chi connectivity index (χ2n) is 6.08. The lowest BCUT2D eigenvalue weighted by Crippen LogP contribution is -1.98. The average molecular weight is 376 g/mol. The Morgan fingerprint density at radius 2 is 1.79 bits per heavy atom. The molecule has 28 heavy (non-hydrogen) atoms. The number of phenols is 2. The molecule has 3 rings (SSSR count). The molecule has 0 fully saturated rings. The predicted octanol–water partition coefficient (Wildman–Crippen LogP) is 4.58. The fraction of sp³-hybridized carbons (Fsp3) is 0.0870. The number of methoxy groups -OCH3 is 1. The molecule has 3 aromatic carbocycles. The van der Waals surface area contributed by atoms with Crippen LogP contribution >= 0.6 is 0 Å². The van der Waals surface area contributed by atoms with Gasteiger partial charge in [-0.25, -0.2) is 0 Å². The first kappa shape index (κ1) is 19.0. The summed E-state index contributed by atoms with van der Waals surface area (Å²) in [5, 5.41) is 19.7. The molecule has 0 aromatic heterocycles. The summed E-state index contributed by atoms with van der Waals surface area (Å²) in [6.45, 7) is 0.369. The number of ether oxygens (including phenoxy) is 2. The van der Waals surface area contributed by atoms with Crippen LogP contribution in [-0.4, -0.2) is 23.1 Å². The highest BCUT2D eigenvalue weighted by molar-refractivity contribution is 6.08. The van der Waals surface area contributed by atoms with Crippen LogP contribution in [0.4, 0.5) is 0 Å². The van der Waals surface area contributed by atoms with Crippen LogP contribution in [0, 0.1) is 0 Å². The third-order valence-corrected chi connectivity index (χ3v) is 4.11. The van der Waals surface area contributed by atoms with E-state index in [4.69, 9.17) is 9.47 Å². The van der Waals surface area contributed by atoms with Gasteiger partial charge in [0.2, 0.25) is 0 Å². The standard InChI is InChI=1S/C23H20O5/c1-27-23-13-18(24)9-7-17(23)8-12-21(25)20-11-10-19(14-22(20)26)28-15-16-5-3-2-4-6-16/h2-14,24,26H,15H2,1H3. The highest BCUT2D eigenvalue weighted by atomic mass is 16.5. The van der Waals surface area contributed by atoms with E-state index in [2.05, 4.69) is 0 Å². The van der Waals surface area contributed by atoms with E-state index < -0.39 is 0 Å². The largest absolute Gasteiger partial charge is 0.508 e. The van der Waals surface area contributed by atoms with Gasteiger partial charge in [-0.15, -0.1) is 0 Å². The molecule has 5 heteroatoms. The minimum Gasteiger partial charge on any atom is -0.508 e. The van der Waals surface area contributed by atoms with Gasteiger partial charge in [-0.3, -0.25) is 4.79 Å². The second kappa shape index (κ2) is 8.77. The zero-order chi connectivity index (χ0) is 19.9. The molecule has 0 saturated carbocycles. The minimum atomic E-state index is -0.359. The van der Waals surface area contributed by atoms with Crippen molar-refractivity contribution >= 4 is 11.9 Å². The van der Waals surface area contributed by atoms with Gasteiger partial charge < -0.3 is 19.7 Å². The number of rotatable bonds is 7. The van der Waals surface area contributed by atoms with Crippen molar-refractivity contribution in [2.75, 3.05) is 7.11 Å². The molecular formula is C23H20O5. The maximum Gasteiger partial charge on any atom is 0.189 e. The molecule has 0 aliphatic rings. The van der Waals surface area contributed by atoms with Crippen LogP contribution in [0.1, 0.15) is 21.5 Å². The zero-order valence-electron chi connectivity index (χ0n) is 15.3. The van der Waals surface area contributed by atoms with E-state index in [1.165, 1.54) is 37.5 Å². The summed E-state index contributed by atoms with van der Waals surface area (Å²) in [5.74, 6) is 0.476. The lowest BCUT2D eigenvalue weighted by atomic mass is 10.1. The fourth-order valence-electron chi connectivity index (χ4n) is 2.64. The zero-order valence-corrected chi connectivity index (χ0v) is 15.3. The Morgan fingerprint density at radius 1 is 1.00 bits per heavy atom. The maximum atomic E-state index is 12.4. The quantitative estimate of drug-likeness (QED) is 0.466. The van der Waals surface area contributed by atoms with E-state index in [1.54, 1.807) is 18.2 Å². The van der Waals surface area contributed by atoms with Gasteiger partial charge in [-0.05, 0) is 42.0 Å². The molecule has 0 aliphatic heterocycles. The second-order valence-corrected chi connectivity index (χ2v) is 6.08. The van der Waals surface area contributed by atoms with Crippen molar-refractivity contribution in [1.29, 1.82) is 0 Å². The molecule has 0 unspecified atom stereocenters. The Labute approximate surface area is 163 Å². The van der Waals surface area contributed by atoms with E-state index in [1.807, 2.05) is 30.3 Å². The normalized spacial score (nSPS) is 10.8. The highest BCUT2D eigenvalue weighted by Crippen LogP contribution is 2.27. The van der Waals surface area contributed by atoms with Gasteiger partial charge in [0.25, 0.3) is 0 Å². The smallest absolute Gasteiger partial charge is 0.189 e. The molecule has 0 spiro atoms. The summed E-state index contributed by atoms with van der Waals surface area (Å²) >= 11 is 0. The van der Waals surface area contributed by atoms with Crippen LogP contribution in [0.25, 0.3) is 6.08 Å². The number of allylic oxidation sites excluding steroid dienone is 1. The molecule has 0 bridgehead atoms. The van der Waals surface area contributed by atoms with Gasteiger partial charge in [-0.1, -0.05) is 30.3 Å².